The summed E-state index contributed by atoms with van der Waals surface area (Å²) in [4.78, 5) is 19.2. The van der Waals surface area contributed by atoms with E-state index in [0.717, 1.165) is 15.2 Å². The van der Waals surface area contributed by atoms with Crippen molar-refractivity contribution >= 4 is 33.5 Å². The van der Waals surface area contributed by atoms with E-state index in [0.29, 0.717) is 0 Å². The number of imidazole rings is 1. The number of carbonyl (C=O) groups excluding carboxylic acids is 1. The van der Waals surface area contributed by atoms with Gasteiger partial charge in [-0.1, -0.05) is 39.8 Å². The van der Waals surface area contributed by atoms with E-state index in [4.69, 9.17) is 0 Å². The number of H-pyrrole nitrogens is 1. The van der Waals surface area contributed by atoms with Gasteiger partial charge in [0.1, 0.15) is 0 Å². The molecule has 0 radical (unpaired) electrons. The minimum absolute atomic E-state index is 0.110. The molecule has 1 atom stereocenters. The Balaban J connectivity index is 2.07. The molecule has 2 rings (SSSR count). The maximum Gasteiger partial charge on any atom is 0.175 e. The van der Waals surface area contributed by atoms with Crippen LogP contribution in [0.4, 0.5) is 0 Å². The minimum Gasteiger partial charge on any atom is -0.340 e. The Hall–Kier alpha value is -1.07. The maximum absolute atomic E-state index is 12.1. The number of carbonyl (C=O) groups is 1. The van der Waals surface area contributed by atoms with E-state index in [1.165, 1.54) is 11.8 Å². The van der Waals surface area contributed by atoms with Gasteiger partial charge >= 0.3 is 0 Å². The van der Waals surface area contributed by atoms with Gasteiger partial charge in [0.2, 0.25) is 0 Å². The summed E-state index contributed by atoms with van der Waals surface area (Å²) < 4.78 is 0.973. The number of rotatable bonds is 4. The van der Waals surface area contributed by atoms with E-state index < -0.39 is 0 Å². The quantitative estimate of drug-likeness (QED) is 0.694. The van der Waals surface area contributed by atoms with Crippen molar-refractivity contribution in [3.05, 3.63) is 46.7 Å². The van der Waals surface area contributed by atoms with Gasteiger partial charge in [-0.05, 0) is 19.1 Å². The first kappa shape index (κ1) is 12.4. The molecular formula is C12H11BrN2OS. The fraction of sp³-hybridized carbons (Fsp3) is 0.167. The first-order valence-electron chi connectivity index (χ1n) is 5.12. The molecule has 1 N–H and O–H groups in total. The summed E-state index contributed by atoms with van der Waals surface area (Å²) in [5.74, 6) is 0.110. The lowest BCUT2D eigenvalue weighted by Crippen LogP contribution is -2.13. The lowest BCUT2D eigenvalue weighted by Gasteiger charge is -2.08. The Morgan fingerprint density at radius 2 is 2.12 bits per heavy atom. The molecule has 88 valence electrons. The third-order valence-electron chi connectivity index (χ3n) is 2.26. The molecule has 17 heavy (non-hydrogen) atoms. The van der Waals surface area contributed by atoms with Crippen LogP contribution in [0.2, 0.25) is 0 Å². The summed E-state index contributed by atoms with van der Waals surface area (Å²) in [6, 6.07) is 7.40. The van der Waals surface area contributed by atoms with Crippen LogP contribution < -0.4 is 0 Å². The molecule has 2 aromatic rings. The summed E-state index contributed by atoms with van der Waals surface area (Å²) in [6.45, 7) is 1.89. The molecule has 0 fully saturated rings. The molecule has 0 saturated carbocycles. The van der Waals surface area contributed by atoms with Crippen molar-refractivity contribution in [3.8, 4) is 0 Å². The Labute approximate surface area is 112 Å². The Morgan fingerprint density at radius 1 is 1.41 bits per heavy atom. The van der Waals surface area contributed by atoms with Crippen LogP contribution in [0.15, 0.2) is 46.3 Å². The summed E-state index contributed by atoms with van der Waals surface area (Å²) >= 11 is 4.78. The summed E-state index contributed by atoms with van der Waals surface area (Å²) in [6.07, 6.45) is 3.43. The number of halogens is 1. The Bertz CT molecular complexity index is 496. The Morgan fingerprint density at radius 3 is 2.71 bits per heavy atom. The van der Waals surface area contributed by atoms with Crippen LogP contribution in [-0.2, 0) is 0 Å². The number of aromatic amines is 1. The molecule has 0 saturated heterocycles. The highest BCUT2D eigenvalue weighted by atomic mass is 79.9. The predicted molar refractivity (Wildman–Crippen MR) is 72.4 cm³/mol. The zero-order valence-electron chi connectivity index (χ0n) is 9.18. The Kier molecular flexibility index (Phi) is 4.02. The van der Waals surface area contributed by atoms with Gasteiger partial charge in [-0.15, -0.1) is 0 Å². The SMILES string of the molecule is CC(Sc1ncc[nH]1)C(=O)c1ccc(Br)cc1. The van der Waals surface area contributed by atoms with Gasteiger partial charge in [0.05, 0.1) is 5.25 Å². The van der Waals surface area contributed by atoms with Gasteiger partial charge in [0.25, 0.3) is 0 Å². The number of benzene rings is 1. The minimum atomic E-state index is -0.151. The molecule has 0 spiro atoms. The number of hydrogen-bond donors (Lipinski definition) is 1. The van der Waals surface area contributed by atoms with Crippen molar-refractivity contribution < 1.29 is 4.79 Å². The second kappa shape index (κ2) is 5.51. The highest BCUT2D eigenvalue weighted by Crippen LogP contribution is 2.22. The fourth-order valence-corrected chi connectivity index (χ4v) is 2.49. The van der Waals surface area contributed by atoms with Gasteiger partial charge < -0.3 is 4.98 Å². The van der Waals surface area contributed by atoms with E-state index >= 15 is 0 Å². The molecular weight excluding hydrogens is 300 g/mol. The van der Waals surface area contributed by atoms with Gasteiger partial charge in [0.15, 0.2) is 10.9 Å². The third kappa shape index (κ3) is 3.20. The van der Waals surface area contributed by atoms with E-state index in [1.54, 1.807) is 12.4 Å². The van der Waals surface area contributed by atoms with Crippen molar-refractivity contribution in [1.29, 1.82) is 0 Å². The molecule has 1 aromatic carbocycles. The van der Waals surface area contributed by atoms with Gasteiger partial charge in [0, 0.05) is 22.4 Å². The molecule has 0 aliphatic heterocycles. The largest absolute Gasteiger partial charge is 0.340 e. The number of aromatic nitrogens is 2. The van der Waals surface area contributed by atoms with Gasteiger partial charge in [-0.2, -0.15) is 0 Å². The summed E-state index contributed by atoms with van der Waals surface area (Å²) in [5.41, 5.74) is 0.722. The van der Waals surface area contributed by atoms with Crippen LogP contribution in [0.5, 0.6) is 0 Å². The van der Waals surface area contributed by atoms with Crippen molar-refractivity contribution in [3.63, 3.8) is 0 Å². The van der Waals surface area contributed by atoms with E-state index in [1.807, 2.05) is 31.2 Å². The number of thioether (sulfide) groups is 1. The van der Waals surface area contributed by atoms with Crippen molar-refractivity contribution in [2.45, 2.75) is 17.3 Å². The first-order valence-corrected chi connectivity index (χ1v) is 6.80. The number of nitrogens with one attached hydrogen (secondary N) is 1. The standard InChI is InChI=1S/C12H11BrN2OS/c1-8(17-12-14-6-7-15-12)11(16)9-2-4-10(13)5-3-9/h2-8H,1H3,(H,14,15). The lowest BCUT2D eigenvalue weighted by molar-refractivity contribution is 0.0994. The first-order chi connectivity index (χ1) is 8.16. The highest BCUT2D eigenvalue weighted by molar-refractivity contribution is 9.10. The smallest absolute Gasteiger partial charge is 0.175 e. The molecule has 0 bridgehead atoms. The second-order valence-electron chi connectivity index (χ2n) is 3.53. The molecule has 0 amide bonds. The predicted octanol–water partition coefficient (Wildman–Crippen LogP) is 3.54. The van der Waals surface area contributed by atoms with Crippen LogP contribution in [0, 0.1) is 0 Å². The van der Waals surface area contributed by atoms with Crippen LogP contribution in [0.1, 0.15) is 17.3 Å². The molecule has 5 heteroatoms. The molecule has 1 aromatic heterocycles. The van der Waals surface area contributed by atoms with Crippen LogP contribution >= 0.6 is 27.7 Å². The number of nitrogens with zero attached hydrogens (tertiary/aromatic N) is 1. The topological polar surface area (TPSA) is 45.8 Å². The van der Waals surface area contributed by atoms with Crippen molar-refractivity contribution in [1.82, 2.24) is 9.97 Å². The zero-order chi connectivity index (χ0) is 12.3. The average molecular weight is 311 g/mol. The van der Waals surface area contributed by atoms with Gasteiger partial charge in [-0.25, -0.2) is 4.98 Å². The number of Topliss-reactive ketones (excluding diaryl/α,β-unsaturated/α-hetero) is 1. The van der Waals surface area contributed by atoms with E-state index in [9.17, 15) is 4.79 Å². The zero-order valence-corrected chi connectivity index (χ0v) is 11.6. The number of hydrogen-bond acceptors (Lipinski definition) is 3. The van der Waals surface area contributed by atoms with E-state index in [-0.39, 0.29) is 11.0 Å². The summed E-state index contributed by atoms with van der Waals surface area (Å²) in [5, 5.41) is 0.616. The third-order valence-corrected chi connectivity index (χ3v) is 3.80. The second-order valence-corrected chi connectivity index (χ2v) is 5.77. The van der Waals surface area contributed by atoms with Crippen molar-refractivity contribution in [2.24, 2.45) is 0 Å². The highest BCUT2D eigenvalue weighted by Gasteiger charge is 2.17. The molecule has 3 nitrogen and oxygen atoms in total. The van der Waals surface area contributed by atoms with Gasteiger partial charge in [-0.3, -0.25) is 4.79 Å². The molecule has 1 heterocycles. The fourth-order valence-electron chi connectivity index (χ4n) is 1.39. The normalized spacial score (nSPS) is 12.4. The van der Waals surface area contributed by atoms with E-state index in [2.05, 4.69) is 25.9 Å². The number of ketones is 1. The van der Waals surface area contributed by atoms with Crippen molar-refractivity contribution in [2.75, 3.05) is 0 Å². The monoisotopic (exact) mass is 310 g/mol. The maximum atomic E-state index is 12.1. The van der Waals surface area contributed by atoms with Crippen LogP contribution in [-0.4, -0.2) is 21.0 Å². The molecule has 0 aliphatic rings. The molecule has 0 aliphatic carbocycles. The summed E-state index contributed by atoms with van der Waals surface area (Å²) in [7, 11) is 0. The van der Waals surface area contributed by atoms with Crippen LogP contribution in [0.3, 0.4) is 0 Å². The van der Waals surface area contributed by atoms with Crippen LogP contribution in [0.25, 0.3) is 0 Å². The molecule has 1 unspecified atom stereocenters. The average Bonchev–Trinajstić information content (AvgIpc) is 2.82. The lowest BCUT2D eigenvalue weighted by atomic mass is 10.1.